The predicted molar refractivity (Wildman–Crippen MR) is 108 cm³/mol. The lowest BCUT2D eigenvalue weighted by atomic mass is 10.2. The highest BCUT2D eigenvalue weighted by Crippen LogP contribution is 2.21. The van der Waals surface area contributed by atoms with Crippen molar-refractivity contribution in [3.05, 3.63) is 59.7 Å². The predicted octanol–water partition coefficient (Wildman–Crippen LogP) is 2.80. The second-order valence-electron chi connectivity index (χ2n) is 6.42. The molecule has 0 bridgehead atoms. The van der Waals surface area contributed by atoms with Crippen molar-refractivity contribution in [1.29, 1.82) is 0 Å². The van der Waals surface area contributed by atoms with Gasteiger partial charge in [0.1, 0.15) is 0 Å². The molecule has 3 N–H and O–H groups in total. The van der Waals surface area contributed by atoms with Crippen LogP contribution >= 0.6 is 12.4 Å². The highest BCUT2D eigenvalue weighted by atomic mass is 35.5. The maximum atomic E-state index is 12.8. The molecule has 0 atom stereocenters. The van der Waals surface area contributed by atoms with Crippen LogP contribution in [0.2, 0.25) is 0 Å². The molecular weight excluding hydrogens is 386 g/mol. The maximum absolute atomic E-state index is 12.8. The zero-order valence-corrected chi connectivity index (χ0v) is 16.6. The molecule has 0 spiro atoms. The monoisotopic (exact) mass is 409 g/mol. The first-order chi connectivity index (χ1) is 12.5. The van der Waals surface area contributed by atoms with Gasteiger partial charge in [-0.2, -0.15) is 4.31 Å². The summed E-state index contributed by atoms with van der Waals surface area (Å²) in [5.74, 6) is -0.249. The van der Waals surface area contributed by atoms with Crippen LogP contribution in [0.25, 0.3) is 0 Å². The Morgan fingerprint density at radius 1 is 1.04 bits per heavy atom. The Labute approximate surface area is 166 Å². The Hall–Kier alpha value is -2.09. The molecule has 1 amide bonds. The van der Waals surface area contributed by atoms with Gasteiger partial charge >= 0.3 is 0 Å². The molecule has 0 unspecified atom stereocenters. The van der Waals surface area contributed by atoms with Gasteiger partial charge in [-0.3, -0.25) is 4.79 Å². The van der Waals surface area contributed by atoms with Crippen LogP contribution in [0.1, 0.15) is 35.2 Å². The van der Waals surface area contributed by atoms with E-state index >= 15 is 0 Å². The quantitative estimate of drug-likeness (QED) is 0.742. The summed E-state index contributed by atoms with van der Waals surface area (Å²) in [7, 11) is -3.48. The van der Waals surface area contributed by atoms with Crippen molar-refractivity contribution in [1.82, 2.24) is 9.62 Å². The summed E-state index contributed by atoms with van der Waals surface area (Å²) in [5, 5.41) is 2.80. The van der Waals surface area contributed by atoms with E-state index in [9.17, 15) is 13.2 Å². The minimum absolute atomic E-state index is 0. The highest BCUT2D eigenvalue weighted by molar-refractivity contribution is 7.89. The van der Waals surface area contributed by atoms with E-state index in [0.717, 1.165) is 24.8 Å². The van der Waals surface area contributed by atoms with E-state index in [-0.39, 0.29) is 29.8 Å². The second-order valence-corrected chi connectivity index (χ2v) is 8.36. The average molecular weight is 410 g/mol. The number of rotatable bonds is 5. The van der Waals surface area contributed by atoms with E-state index < -0.39 is 10.0 Å². The van der Waals surface area contributed by atoms with Crippen molar-refractivity contribution in [2.24, 2.45) is 0 Å². The number of nitrogens with zero attached hydrogens (tertiary/aromatic N) is 1. The zero-order valence-electron chi connectivity index (χ0n) is 14.9. The van der Waals surface area contributed by atoms with Crippen molar-refractivity contribution >= 4 is 34.0 Å². The SMILES string of the molecule is Cl.Nc1cccc(C(=O)NCc2cccc(S(=O)(=O)N3CCCCC3)c2)c1. The fourth-order valence-corrected chi connectivity index (χ4v) is 4.62. The molecule has 0 aromatic heterocycles. The lowest BCUT2D eigenvalue weighted by Crippen LogP contribution is -2.35. The van der Waals surface area contributed by atoms with E-state index in [1.807, 2.05) is 0 Å². The molecule has 3 rings (SSSR count). The van der Waals surface area contributed by atoms with Gasteiger partial charge in [-0.05, 0) is 48.7 Å². The molecule has 2 aromatic carbocycles. The summed E-state index contributed by atoms with van der Waals surface area (Å²) in [4.78, 5) is 12.5. The molecule has 6 nitrogen and oxygen atoms in total. The van der Waals surface area contributed by atoms with Gasteiger partial charge in [-0.15, -0.1) is 12.4 Å². The Morgan fingerprint density at radius 2 is 1.74 bits per heavy atom. The molecule has 0 aliphatic carbocycles. The van der Waals surface area contributed by atoms with Crippen LogP contribution in [-0.4, -0.2) is 31.7 Å². The fourth-order valence-electron chi connectivity index (χ4n) is 3.03. The van der Waals surface area contributed by atoms with Crippen molar-refractivity contribution in [2.45, 2.75) is 30.7 Å². The molecule has 1 saturated heterocycles. The van der Waals surface area contributed by atoms with E-state index in [0.29, 0.717) is 24.3 Å². The average Bonchev–Trinajstić information content (AvgIpc) is 2.67. The molecule has 146 valence electrons. The van der Waals surface area contributed by atoms with Crippen LogP contribution in [0, 0.1) is 0 Å². The van der Waals surface area contributed by atoms with Crippen LogP contribution in [0.3, 0.4) is 0 Å². The first-order valence-electron chi connectivity index (χ1n) is 8.70. The summed E-state index contributed by atoms with van der Waals surface area (Å²) in [5.41, 5.74) is 7.42. The first kappa shape index (κ1) is 21.2. The molecular formula is C19H24ClN3O3S. The second kappa shape index (κ2) is 9.21. The zero-order chi connectivity index (χ0) is 18.6. The smallest absolute Gasteiger partial charge is 0.251 e. The number of amides is 1. The Kier molecular flexibility index (Phi) is 7.24. The number of nitrogen functional groups attached to an aromatic ring is 1. The molecule has 27 heavy (non-hydrogen) atoms. The topological polar surface area (TPSA) is 92.5 Å². The van der Waals surface area contributed by atoms with Crippen LogP contribution in [-0.2, 0) is 16.6 Å². The van der Waals surface area contributed by atoms with Gasteiger partial charge < -0.3 is 11.1 Å². The van der Waals surface area contributed by atoms with Gasteiger partial charge in [0.05, 0.1) is 4.90 Å². The van der Waals surface area contributed by atoms with Gasteiger partial charge in [0.2, 0.25) is 10.0 Å². The van der Waals surface area contributed by atoms with Crippen LogP contribution < -0.4 is 11.1 Å². The Balaban J connectivity index is 0.00000261. The third-order valence-electron chi connectivity index (χ3n) is 4.45. The molecule has 8 heteroatoms. The number of benzene rings is 2. The molecule has 1 aliphatic heterocycles. The highest BCUT2D eigenvalue weighted by Gasteiger charge is 2.25. The number of carbonyl (C=O) groups excluding carboxylic acids is 1. The number of hydrogen-bond donors (Lipinski definition) is 2. The standard InChI is InChI=1S/C19H23N3O3S.ClH/c20-17-8-5-7-16(13-17)19(23)21-14-15-6-4-9-18(12-15)26(24,25)22-10-2-1-3-11-22;/h4-9,12-13H,1-3,10-11,14,20H2,(H,21,23);1H. The van der Waals surface area contributed by atoms with E-state index in [1.54, 1.807) is 52.8 Å². The lowest BCUT2D eigenvalue weighted by molar-refractivity contribution is 0.0951. The fraction of sp³-hybridized carbons (Fsp3) is 0.316. The molecule has 1 heterocycles. The van der Waals surface area contributed by atoms with Crippen molar-refractivity contribution in [3.63, 3.8) is 0 Å². The number of piperidine rings is 1. The van der Waals surface area contributed by atoms with Gasteiger partial charge in [0.25, 0.3) is 5.91 Å². The molecule has 0 radical (unpaired) electrons. The normalized spacial score (nSPS) is 15.0. The lowest BCUT2D eigenvalue weighted by Gasteiger charge is -2.26. The van der Waals surface area contributed by atoms with Gasteiger partial charge in [0.15, 0.2) is 0 Å². The number of sulfonamides is 1. The molecule has 0 saturated carbocycles. The maximum Gasteiger partial charge on any atom is 0.251 e. The Bertz CT molecular complexity index is 897. The number of hydrogen-bond acceptors (Lipinski definition) is 4. The van der Waals surface area contributed by atoms with E-state index in [1.165, 1.54) is 0 Å². The Morgan fingerprint density at radius 3 is 2.44 bits per heavy atom. The number of nitrogens with one attached hydrogen (secondary N) is 1. The third-order valence-corrected chi connectivity index (χ3v) is 6.35. The molecule has 2 aromatic rings. The summed E-state index contributed by atoms with van der Waals surface area (Å²) < 4.78 is 27.1. The summed E-state index contributed by atoms with van der Waals surface area (Å²) >= 11 is 0. The van der Waals surface area contributed by atoms with Gasteiger partial charge in [0, 0.05) is 30.9 Å². The molecule has 1 fully saturated rings. The van der Waals surface area contributed by atoms with E-state index in [4.69, 9.17) is 5.73 Å². The minimum atomic E-state index is -3.48. The third kappa shape index (κ3) is 5.22. The van der Waals surface area contributed by atoms with Crippen LogP contribution in [0.5, 0.6) is 0 Å². The summed E-state index contributed by atoms with van der Waals surface area (Å²) in [6.45, 7) is 1.38. The van der Waals surface area contributed by atoms with Crippen molar-refractivity contribution < 1.29 is 13.2 Å². The van der Waals surface area contributed by atoms with Gasteiger partial charge in [-0.1, -0.05) is 24.6 Å². The van der Waals surface area contributed by atoms with Crippen molar-refractivity contribution in [2.75, 3.05) is 18.8 Å². The first-order valence-corrected chi connectivity index (χ1v) is 10.1. The number of anilines is 1. The van der Waals surface area contributed by atoms with E-state index in [2.05, 4.69) is 5.32 Å². The van der Waals surface area contributed by atoms with Crippen LogP contribution in [0.4, 0.5) is 5.69 Å². The van der Waals surface area contributed by atoms with Gasteiger partial charge in [-0.25, -0.2) is 8.42 Å². The van der Waals surface area contributed by atoms with Crippen molar-refractivity contribution in [3.8, 4) is 0 Å². The van der Waals surface area contributed by atoms with Crippen LogP contribution in [0.15, 0.2) is 53.4 Å². The number of carbonyl (C=O) groups is 1. The largest absolute Gasteiger partial charge is 0.399 e. The number of nitrogens with two attached hydrogens (primary N) is 1. The number of halogens is 1. The summed E-state index contributed by atoms with van der Waals surface area (Å²) in [6.07, 6.45) is 2.87. The minimum Gasteiger partial charge on any atom is -0.399 e. The molecule has 1 aliphatic rings. The summed E-state index contributed by atoms with van der Waals surface area (Å²) in [6, 6.07) is 13.5.